The average Bonchev–Trinajstić information content (AvgIpc) is 2.16. The Morgan fingerprint density at radius 1 is 1.38 bits per heavy atom. The van der Waals surface area contributed by atoms with Crippen LogP contribution in [0.15, 0.2) is 18.2 Å². The van der Waals surface area contributed by atoms with Gasteiger partial charge in [-0.2, -0.15) is 5.26 Å². The Labute approximate surface area is 90.2 Å². The molecule has 0 radical (unpaired) electrons. The van der Waals surface area contributed by atoms with Gasteiger partial charge in [-0.15, -0.1) is 13.2 Å². The molecule has 0 atom stereocenters. The molecule has 3 nitrogen and oxygen atoms in total. The van der Waals surface area contributed by atoms with Crippen molar-refractivity contribution < 1.29 is 17.9 Å². The van der Waals surface area contributed by atoms with Crippen molar-refractivity contribution in [2.75, 3.05) is 6.54 Å². The lowest BCUT2D eigenvalue weighted by molar-refractivity contribution is -0.274. The normalized spacial score (nSPS) is 10.9. The van der Waals surface area contributed by atoms with Crippen molar-refractivity contribution >= 4 is 0 Å². The van der Waals surface area contributed by atoms with Gasteiger partial charge in [0, 0.05) is 0 Å². The smallest absolute Gasteiger partial charge is 0.404 e. The first kappa shape index (κ1) is 12.3. The molecule has 86 valence electrons. The van der Waals surface area contributed by atoms with Crippen LogP contribution in [0.25, 0.3) is 0 Å². The van der Waals surface area contributed by atoms with Gasteiger partial charge in [-0.3, -0.25) is 0 Å². The minimum absolute atomic E-state index is 0.155. The van der Waals surface area contributed by atoms with Crippen LogP contribution in [-0.4, -0.2) is 12.9 Å². The molecule has 0 aliphatic rings. The fourth-order valence-corrected chi connectivity index (χ4v) is 1.19. The number of benzene rings is 1. The van der Waals surface area contributed by atoms with Gasteiger partial charge in [0.25, 0.3) is 0 Å². The number of nitrogens with two attached hydrogens (primary N) is 1. The molecule has 6 heteroatoms. The van der Waals surface area contributed by atoms with E-state index in [4.69, 9.17) is 11.0 Å². The van der Waals surface area contributed by atoms with Crippen molar-refractivity contribution in [1.29, 1.82) is 5.26 Å². The van der Waals surface area contributed by atoms with E-state index in [0.717, 1.165) is 0 Å². The lowest BCUT2D eigenvalue weighted by atomic mass is 10.1. The van der Waals surface area contributed by atoms with Crippen molar-refractivity contribution in [3.63, 3.8) is 0 Å². The first-order valence-corrected chi connectivity index (χ1v) is 4.45. The molecule has 1 aromatic carbocycles. The number of hydrogen-bond donors (Lipinski definition) is 1. The van der Waals surface area contributed by atoms with Gasteiger partial charge in [0.15, 0.2) is 0 Å². The molecule has 0 unspecified atom stereocenters. The van der Waals surface area contributed by atoms with Crippen LogP contribution < -0.4 is 10.5 Å². The summed E-state index contributed by atoms with van der Waals surface area (Å²) >= 11 is 0. The van der Waals surface area contributed by atoms with Crippen molar-refractivity contribution in [3.8, 4) is 11.8 Å². The predicted octanol–water partition coefficient (Wildman–Crippen LogP) is 1.96. The SMILES string of the molecule is N#Cc1ccc(CCN)cc1OC(F)(F)F. The number of rotatable bonds is 3. The van der Waals surface area contributed by atoms with Crippen molar-refractivity contribution in [2.24, 2.45) is 5.73 Å². The Hall–Kier alpha value is -1.74. The van der Waals surface area contributed by atoms with Gasteiger partial charge < -0.3 is 10.5 Å². The number of hydrogen-bond acceptors (Lipinski definition) is 3. The Bertz CT molecular complexity index is 410. The molecule has 0 heterocycles. The molecule has 0 amide bonds. The first-order valence-electron chi connectivity index (χ1n) is 4.45. The minimum Gasteiger partial charge on any atom is -0.404 e. The molecule has 0 saturated carbocycles. The number of halogens is 3. The highest BCUT2D eigenvalue weighted by Gasteiger charge is 2.32. The highest BCUT2D eigenvalue weighted by Crippen LogP contribution is 2.27. The Morgan fingerprint density at radius 2 is 2.06 bits per heavy atom. The second-order valence-electron chi connectivity index (χ2n) is 3.03. The van der Waals surface area contributed by atoms with Gasteiger partial charge in [0.2, 0.25) is 0 Å². The lowest BCUT2D eigenvalue weighted by Gasteiger charge is -2.11. The van der Waals surface area contributed by atoms with E-state index in [2.05, 4.69) is 4.74 Å². The highest BCUT2D eigenvalue weighted by atomic mass is 19.4. The van der Waals surface area contributed by atoms with Crippen LogP contribution in [-0.2, 0) is 6.42 Å². The molecule has 0 bridgehead atoms. The van der Waals surface area contributed by atoms with E-state index >= 15 is 0 Å². The Balaban J connectivity index is 3.03. The van der Waals surface area contributed by atoms with E-state index in [1.165, 1.54) is 12.1 Å². The zero-order valence-electron chi connectivity index (χ0n) is 8.21. The zero-order valence-corrected chi connectivity index (χ0v) is 8.21. The van der Waals surface area contributed by atoms with E-state index in [-0.39, 0.29) is 5.56 Å². The van der Waals surface area contributed by atoms with Gasteiger partial charge >= 0.3 is 6.36 Å². The number of alkyl halides is 3. The Morgan fingerprint density at radius 3 is 2.56 bits per heavy atom. The standard InChI is InChI=1S/C10H9F3N2O/c11-10(12,13)16-9-5-7(3-4-14)1-2-8(9)6-15/h1-2,5H,3-4,14H2. The molecule has 16 heavy (non-hydrogen) atoms. The molecule has 0 saturated heterocycles. The second kappa shape index (κ2) is 4.86. The number of nitrogens with zero attached hydrogens (tertiary/aromatic N) is 1. The lowest BCUT2D eigenvalue weighted by Crippen LogP contribution is -2.18. The molecule has 2 N–H and O–H groups in total. The van der Waals surface area contributed by atoms with Crippen LogP contribution >= 0.6 is 0 Å². The summed E-state index contributed by atoms with van der Waals surface area (Å²) in [5.74, 6) is -0.485. The maximum absolute atomic E-state index is 12.0. The number of ether oxygens (including phenoxy) is 1. The van der Waals surface area contributed by atoms with E-state index in [1.54, 1.807) is 12.1 Å². The third kappa shape index (κ3) is 3.44. The van der Waals surface area contributed by atoms with E-state index in [0.29, 0.717) is 18.5 Å². The largest absolute Gasteiger partial charge is 0.573 e. The molecule has 0 fully saturated rings. The van der Waals surface area contributed by atoms with Crippen LogP contribution in [0.5, 0.6) is 5.75 Å². The molecule has 1 aromatic rings. The molecule has 0 aliphatic heterocycles. The van der Waals surface area contributed by atoms with Crippen molar-refractivity contribution in [3.05, 3.63) is 29.3 Å². The first-order chi connectivity index (χ1) is 7.46. The van der Waals surface area contributed by atoms with Gasteiger partial charge in [0.1, 0.15) is 11.8 Å². The summed E-state index contributed by atoms with van der Waals surface area (Å²) in [6, 6.07) is 5.64. The summed E-state index contributed by atoms with van der Waals surface area (Å²) < 4.78 is 39.8. The molecule has 0 spiro atoms. The van der Waals surface area contributed by atoms with E-state index in [9.17, 15) is 13.2 Å². The summed E-state index contributed by atoms with van der Waals surface area (Å²) in [6.07, 6.45) is -4.37. The van der Waals surface area contributed by atoms with E-state index < -0.39 is 12.1 Å². The molecule has 1 rings (SSSR count). The maximum Gasteiger partial charge on any atom is 0.573 e. The maximum atomic E-state index is 12.0. The molecule has 0 aliphatic carbocycles. The van der Waals surface area contributed by atoms with Crippen LogP contribution in [0.3, 0.4) is 0 Å². The summed E-state index contributed by atoms with van der Waals surface area (Å²) in [7, 11) is 0. The van der Waals surface area contributed by atoms with Crippen LogP contribution in [0.4, 0.5) is 13.2 Å². The van der Waals surface area contributed by atoms with Crippen molar-refractivity contribution in [2.45, 2.75) is 12.8 Å². The van der Waals surface area contributed by atoms with Gasteiger partial charge in [-0.25, -0.2) is 0 Å². The van der Waals surface area contributed by atoms with Gasteiger partial charge in [-0.05, 0) is 30.7 Å². The zero-order chi connectivity index (χ0) is 12.2. The fraction of sp³-hybridized carbons (Fsp3) is 0.300. The summed E-state index contributed by atoms with van der Waals surface area (Å²) in [6.45, 7) is 0.317. The van der Waals surface area contributed by atoms with E-state index in [1.807, 2.05) is 0 Å². The topological polar surface area (TPSA) is 59.0 Å². The molecular weight excluding hydrogens is 221 g/mol. The molecule has 0 aromatic heterocycles. The molecular formula is C10H9F3N2O. The van der Waals surface area contributed by atoms with Gasteiger partial charge in [-0.1, -0.05) is 6.07 Å². The number of nitriles is 1. The summed E-state index contributed by atoms with van der Waals surface area (Å²) in [5, 5.41) is 8.61. The van der Waals surface area contributed by atoms with Crippen molar-refractivity contribution in [1.82, 2.24) is 0 Å². The van der Waals surface area contributed by atoms with Crippen LogP contribution in [0, 0.1) is 11.3 Å². The highest BCUT2D eigenvalue weighted by molar-refractivity contribution is 5.45. The minimum atomic E-state index is -4.80. The third-order valence-corrected chi connectivity index (χ3v) is 1.83. The summed E-state index contributed by atoms with van der Waals surface area (Å²) in [4.78, 5) is 0. The monoisotopic (exact) mass is 230 g/mol. The summed E-state index contributed by atoms with van der Waals surface area (Å²) in [5.41, 5.74) is 5.72. The predicted molar refractivity (Wildman–Crippen MR) is 50.6 cm³/mol. The quantitative estimate of drug-likeness (QED) is 0.863. The van der Waals surface area contributed by atoms with Crippen LogP contribution in [0.2, 0.25) is 0 Å². The average molecular weight is 230 g/mol. The van der Waals surface area contributed by atoms with Crippen LogP contribution in [0.1, 0.15) is 11.1 Å². The third-order valence-electron chi connectivity index (χ3n) is 1.83. The second-order valence-corrected chi connectivity index (χ2v) is 3.03. The Kier molecular flexibility index (Phi) is 3.74. The van der Waals surface area contributed by atoms with Gasteiger partial charge in [0.05, 0.1) is 5.56 Å². The fourth-order valence-electron chi connectivity index (χ4n) is 1.19.